The van der Waals surface area contributed by atoms with Crippen LogP contribution in [0.3, 0.4) is 0 Å². The Labute approximate surface area is 211 Å². The molecule has 1 N–H and O–H groups in total. The predicted octanol–water partition coefficient (Wildman–Crippen LogP) is 7.43. The minimum atomic E-state index is -0.305. The van der Waals surface area contributed by atoms with Gasteiger partial charge in [0.2, 0.25) is 0 Å². The summed E-state index contributed by atoms with van der Waals surface area (Å²) in [6.45, 7) is 3.92. The molecule has 182 valence electrons. The summed E-state index contributed by atoms with van der Waals surface area (Å²) in [5, 5.41) is 11.6. The maximum absolute atomic E-state index is 14.0. The van der Waals surface area contributed by atoms with Crippen LogP contribution in [0.5, 0.6) is 23.0 Å². The third-order valence-corrected chi connectivity index (χ3v) is 6.26. The molecule has 0 bridgehead atoms. The van der Waals surface area contributed by atoms with Gasteiger partial charge in [-0.15, -0.1) is 12.4 Å². The van der Waals surface area contributed by atoms with Crippen LogP contribution in [0.4, 0.5) is 4.39 Å². The quantitative estimate of drug-likeness (QED) is 0.290. The minimum Gasteiger partial charge on any atom is -0.508 e. The summed E-state index contributed by atoms with van der Waals surface area (Å²) in [6.07, 6.45) is 3.88. The highest BCUT2D eigenvalue weighted by atomic mass is 35.5. The average molecular weight is 494 g/mol. The van der Waals surface area contributed by atoms with Gasteiger partial charge in [-0.2, -0.15) is 0 Å². The lowest BCUT2D eigenvalue weighted by Gasteiger charge is -2.26. The number of benzene rings is 4. The first-order valence-electron chi connectivity index (χ1n) is 11.8. The number of phenolic OH excluding ortho intramolecular Hbond substituents is 1. The lowest BCUT2D eigenvalue weighted by Crippen LogP contribution is -2.33. The molecule has 4 nitrogen and oxygen atoms in total. The summed E-state index contributed by atoms with van der Waals surface area (Å²) < 4.78 is 26.2. The van der Waals surface area contributed by atoms with E-state index < -0.39 is 0 Å². The van der Waals surface area contributed by atoms with E-state index in [9.17, 15) is 9.50 Å². The predicted molar refractivity (Wildman–Crippen MR) is 141 cm³/mol. The summed E-state index contributed by atoms with van der Waals surface area (Å²) in [7, 11) is 0. The van der Waals surface area contributed by atoms with Crippen LogP contribution in [0.15, 0.2) is 78.9 Å². The van der Waals surface area contributed by atoms with Crippen molar-refractivity contribution in [3.05, 3.63) is 84.7 Å². The molecular weight excluding hydrogens is 465 g/mol. The van der Waals surface area contributed by atoms with Crippen molar-refractivity contribution in [3.8, 4) is 34.1 Å². The standard InChI is InChI=1S/C29H28FNO3.ClH/c30-23-6-4-5-21(19-23)27-13-7-22-20-24(32)8-14-28(22)29(27)34-26-11-9-25(10-12-26)33-18-17-31-15-2-1-3-16-31;/h4-14,19-20,32H,1-3,15-18H2;1H. The molecule has 0 aliphatic carbocycles. The second kappa shape index (κ2) is 11.4. The molecule has 0 unspecified atom stereocenters. The third kappa shape index (κ3) is 6.05. The monoisotopic (exact) mass is 493 g/mol. The van der Waals surface area contributed by atoms with E-state index in [2.05, 4.69) is 4.90 Å². The molecule has 0 aromatic heterocycles. The van der Waals surface area contributed by atoms with E-state index in [1.165, 1.54) is 31.4 Å². The van der Waals surface area contributed by atoms with Crippen molar-refractivity contribution in [1.29, 1.82) is 0 Å². The van der Waals surface area contributed by atoms with Crippen molar-refractivity contribution in [3.63, 3.8) is 0 Å². The number of ether oxygens (including phenoxy) is 2. The zero-order chi connectivity index (χ0) is 23.3. The largest absolute Gasteiger partial charge is 0.508 e. The van der Waals surface area contributed by atoms with Gasteiger partial charge in [-0.1, -0.05) is 24.6 Å². The Morgan fingerprint density at radius 2 is 1.60 bits per heavy atom. The number of halogens is 2. The Morgan fingerprint density at radius 3 is 2.37 bits per heavy atom. The Hall–Kier alpha value is -3.28. The Morgan fingerprint density at radius 1 is 0.829 bits per heavy atom. The number of hydrogen-bond donors (Lipinski definition) is 1. The van der Waals surface area contributed by atoms with Crippen LogP contribution in [-0.2, 0) is 0 Å². The van der Waals surface area contributed by atoms with Crippen LogP contribution in [0.25, 0.3) is 21.9 Å². The van der Waals surface area contributed by atoms with Gasteiger partial charge < -0.3 is 14.6 Å². The van der Waals surface area contributed by atoms with E-state index in [4.69, 9.17) is 9.47 Å². The molecule has 35 heavy (non-hydrogen) atoms. The molecule has 4 aromatic rings. The highest BCUT2D eigenvalue weighted by Crippen LogP contribution is 2.40. The first-order valence-corrected chi connectivity index (χ1v) is 11.8. The summed E-state index contributed by atoms with van der Waals surface area (Å²) >= 11 is 0. The average Bonchev–Trinajstić information content (AvgIpc) is 2.86. The van der Waals surface area contributed by atoms with E-state index in [-0.39, 0.29) is 24.0 Å². The van der Waals surface area contributed by atoms with Crippen LogP contribution in [0.1, 0.15) is 19.3 Å². The fourth-order valence-corrected chi connectivity index (χ4v) is 4.48. The van der Waals surface area contributed by atoms with E-state index in [0.29, 0.717) is 18.1 Å². The molecule has 1 aliphatic rings. The molecular formula is C29H29ClFNO3. The van der Waals surface area contributed by atoms with Gasteiger partial charge in [-0.25, -0.2) is 4.39 Å². The van der Waals surface area contributed by atoms with Gasteiger partial charge in [-0.3, -0.25) is 4.90 Å². The summed E-state index contributed by atoms with van der Waals surface area (Å²) in [6, 6.07) is 23.0. The van der Waals surface area contributed by atoms with Crippen molar-refractivity contribution in [2.45, 2.75) is 19.3 Å². The maximum atomic E-state index is 14.0. The maximum Gasteiger partial charge on any atom is 0.143 e. The van der Waals surface area contributed by atoms with E-state index in [0.717, 1.165) is 47.3 Å². The highest BCUT2D eigenvalue weighted by molar-refractivity contribution is 5.96. The number of piperidine rings is 1. The fraction of sp³-hybridized carbons (Fsp3) is 0.241. The molecule has 1 aliphatic heterocycles. The van der Waals surface area contributed by atoms with Crippen LogP contribution in [0, 0.1) is 5.82 Å². The lowest BCUT2D eigenvalue weighted by atomic mass is 9.99. The topological polar surface area (TPSA) is 41.9 Å². The van der Waals surface area contributed by atoms with Crippen LogP contribution in [0.2, 0.25) is 0 Å². The van der Waals surface area contributed by atoms with Crippen LogP contribution < -0.4 is 9.47 Å². The molecule has 5 rings (SSSR count). The van der Waals surface area contributed by atoms with Gasteiger partial charge in [0.25, 0.3) is 0 Å². The summed E-state index contributed by atoms with van der Waals surface area (Å²) in [5.41, 5.74) is 1.50. The fourth-order valence-electron chi connectivity index (χ4n) is 4.48. The van der Waals surface area contributed by atoms with Crippen molar-refractivity contribution < 1.29 is 19.0 Å². The smallest absolute Gasteiger partial charge is 0.143 e. The first-order chi connectivity index (χ1) is 16.7. The van der Waals surface area contributed by atoms with E-state index >= 15 is 0 Å². The van der Waals surface area contributed by atoms with E-state index in [1.807, 2.05) is 48.5 Å². The van der Waals surface area contributed by atoms with Gasteiger partial charge in [0.1, 0.15) is 35.4 Å². The molecule has 4 aromatic carbocycles. The van der Waals surface area contributed by atoms with Gasteiger partial charge in [0, 0.05) is 17.5 Å². The number of nitrogens with zero attached hydrogens (tertiary/aromatic N) is 1. The second-order valence-electron chi connectivity index (χ2n) is 8.68. The zero-order valence-corrected chi connectivity index (χ0v) is 20.3. The van der Waals surface area contributed by atoms with Crippen LogP contribution >= 0.6 is 12.4 Å². The Kier molecular flexibility index (Phi) is 8.11. The molecule has 6 heteroatoms. The number of rotatable bonds is 7. The number of likely N-dealkylation sites (tertiary alicyclic amines) is 1. The van der Waals surface area contributed by atoms with Gasteiger partial charge in [0.15, 0.2) is 0 Å². The molecule has 1 fully saturated rings. The number of hydrogen-bond acceptors (Lipinski definition) is 4. The molecule has 0 atom stereocenters. The van der Waals surface area contributed by atoms with Crippen LogP contribution in [-0.4, -0.2) is 36.2 Å². The minimum absolute atomic E-state index is 0. The second-order valence-corrected chi connectivity index (χ2v) is 8.68. The summed E-state index contributed by atoms with van der Waals surface area (Å²) in [5.74, 6) is 1.95. The van der Waals surface area contributed by atoms with Gasteiger partial charge in [0.05, 0.1) is 0 Å². The van der Waals surface area contributed by atoms with Gasteiger partial charge in [-0.05, 0) is 97.5 Å². The molecule has 0 saturated carbocycles. The molecule has 1 heterocycles. The van der Waals surface area contributed by atoms with Gasteiger partial charge >= 0.3 is 0 Å². The molecule has 1 saturated heterocycles. The Balaban J connectivity index is 0.00000289. The third-order valence-electron chi connectivity index (χ3n) is 6.26. The normalized spacial score (nSPS) is 13.9. The number of phenols is 1. The zero-order valence-electron chi connectivity index (χ0n) is 19.5. The van der Waals surface area contributed by atoms with Crippen molar-refractivity contribution in [1.82, 2.24) is 4.90 Å². The highest BCUT2D eigenvalue weighted by Gasteiger charge is 2.14. The molecule has 0 spiro atoms. The van der Waals surface area contributed by atoms with E-state index in [1.54, 1.807) is 18.2 Å². The SMILES string of the molecule is Cl.Oc1ccc2c(Oc3ccc(OCCN4CCCCC4)cc3)c(-c3cccc(F)c3)ccc2c1. The molecule has 0 radical (unpaired) electrons. The van der Waals surface area contributed by atoms with Crippen molar-refractivity contribution >= 4 is 23.2 Å². The Bertz CT molecular complexity index is 1270. The number of fused-ring (bicyclic) bond motifs is 1. The first kappa shape index (κ1) is 24.8. The summed E-state index contributed by atoms with van der Waals surface area (Å²) in [4.78, 5) is 2.45. The molecule has 0 amide bonds. The van der Waals surface area contributed by atoms with Crippen molar-refractivity contribution in [2.75, 3.05) is 26.2 Å². The lowest BCUT2D eigenvalue weighted by molar-refractivity contribution is 0.183. The number of aromatic hydroxyl groups is 1. The van der Waals surface area contributed by atoms with Crippen molar-refractivity contribution in [2.24, 2.45) is 0 Å².